The minimum Gasteiger partial charge on any atom is -0.381 e. The van der Waals surface area contributed by atoms with E-state index in [-0.39, 0.29) is 0 Å². The highest BCUT2D eigenvalue weighted by Crippen LogP contribution is 2.17. The summed E-state index contributed by atoms with van der Waals surface area (Å²) in [7, 11) is -3.33. The molecule has 5 nitrogen and oxygen atoms in total. The molecule has 23 heavy (non-hydrogen) atoms. The molecule has 1 atom stereocenters. The van der Waals surface area contributed by atoms with Crippen molar-refractivity contribution in [3.63, 3.8) is 0 Å². The smallest absolute Gasteiger partial charge is 0.236 e. The molecule has 0 aromatic heterocycles. The van der Waals surface area contributed by atoms with Gasteiger partial charge in [0.05, 0.1) is 6.61 Å². The van der Waals surface area contributed by atoms with E-state index in [2.05, 4.69) is 4.90 Å². The minimum atomic E-state index is -3.33. The summed E-state index contributed by atoms with van der Waals surface area (Å²) in [6.45, 7) is 5.46. The molecule has 2 fully saturated rings. The summed E-state index contributed by atoms with van der Waals surface area (Å²) in [4.78, 5) is 2.35. The van der Waals surface area contributed by atoms with Crippen LogP contribution in [0.4, 0.5) is 0 Å². The summed E-state index contributed by atoms with van der Waals surface area (Å²) in [6.07, 6.45) is 2.79. The van der Waals surface area contributed by atoms with E-state index in [1.54, 1.807) is 10.4 Å². The van der Waals surface area contributed by atoms with Crippen LogP contribution in [0.5, 0.6) is 0 Å². The summed E-state index contributed by atoms with van der Waals surface area (Å²) < 4.78 is 31.8. The molecular weight excluding hydrogens is 312 g/mol. The zero-order valence-corrected chi connectivity index (χ0v) is 14.1. The van der Waals surface area contributed by atoms with Gasteiger partial charge in [0.15, 0.2) is 0 Å². The van der Waals surface area contributed by atoms with Crippen molar-refractivity contribution >= 4 is 16.1 Å². The number of hydrogen-bond acceptors (Lipinski definition) is 4. The Balaban J connectivity index is 1.52. The third-order valence-corrected chi connectivity index (χ3v) is 6.03. The van der Waals surface area contributed by atoms with Crippen LogP contribution in [0.25, 0.3) is 6.08 Å². The number of hydrogen-bond donors (Lipinski definition) is 0. The number of rotatable bonds is 5. The SMILES string of the molecule is O=S(=O)(/C=C\c1ccccc1)N1CCN(C[C@H]2CCOC2)CC1. The van der Waals surface area contributed by atoms with Gasteiger partial charge < -0.3 is 9.64 Å². The molecule has 2 aliphatic rings. The summed E-state index contributed by atoms with van der Waals surface area (Å²) >= 11 is 0. The Morgan fingerprint density at radius 3 is 2.52 bits per heavy atom. The Hall–Kier alpha value is -1.21. The Labute approximate surface area is 138 Å². The van der Waals surface area contributed by atoms with Crippen LogP contribution in [0.3, 0.4) is 0 Å². The van der Waals surface area contributed by atoms with Crippen molar-refractivity contribution in [3.05, 3.63) is 41.3 Å². The topological polar surface area (TPSA) is 49.9 Å². The molecule has 0 aliphatic carbocycles. The lowest BCUT2D eigenvalue weighted by atomic mass is 10.1. The van der Waals surface area contributed by atoms with E-state index >= 15 is 0 Å². The van der Waals surface area contributed by atoms with Gasteiger partial charge in [-0.25, -0.2) is 8.42 Å². The Morgan fingerprint density at radius 2 is 1.87 bits per heavy atom. The first kappa shape index (κ1) is 16.6. The van der Waals surface area contributed by atoms with E-state index in [0.29, 0.717) is 19.0 Å². The molecule has 0 spiro atoms. The van der Waals surface area contributed by atoms with Crippen LogP contribution in [0.2, 0.25) is 0 Å². The van der Waals surface area contributed by atoms with Gasteiger partial charge in [-0.2, -0.15) is 4.31 Å². The molecule has 2 saturated heterocycles. The second-order valence-electron chi connectivity index (χ2n) is 6.19. The molecule has 126 valence electrons. The third-order valence-electron chi connectivity index (χ3n) is 4.46. The van der Waals surface area contributed by atoms with Gasteiger partial charge in [-0.15, -0.1) is 0 Å². The Bertz CT molecular complexity index is 616. The van der Waals surface area contributed by atoms with Crippen LogP contribution in [0.1, 0.15) is 12.0 Å². The fraction of sp³-hybridized carbons (Fsp3) is 0.529. The predicted molar refractivity (Wildman–Crippen MR) is 91.3 cm³/mol. The van der Waals surface area contributed by atoms with Crippen molar-refractivity contribution in [2.45, 2.75) is 6.42 Å². The fourth-order valence-electron chi connectivity index (χ4n) is 3.07. The molecule has 6 heteroatoms. The quantitative estimate of drug-likeness (QED) is 0.820. The first-order valence-electron chi connectivity index (χ1n) is 8.17. The van der Waals surface area contributed by atoms with Crippen LogP contribution in [-0.4, -0.2) is 63.6 Å². The van der Waals surface area contributed by atoms with E-state index in [1.807, 2.05) is 30.3 Å². The number of sulfonamides is 1. The van der Waals surface area contributed by atoms with E-state index in [0.717, 1.165) is 44.8 Å². The lowest BCUT2D eigenvalue weighted by Crippen LogP contribution is -2.49. The Kier molecular flexibility index (Phi) is 5.48. The van der Waals surface area contributed by atoms with Crippen LogP contribution in [0.15, 0.2) is 35.7 Å². The summed E-state index contributed by atoms with van der Waals surface area (Å²) in [5.41, 5.74) is 0.899. The van der Waals surface area contributed by atoms with Crippen molar-refractivity contribution in [2.75, 3.05) is 45.9 Å². The average Bonchev–Trinajstić information content (AvgIpc) is 3.08. The molecule has 0 unspecified atom stereocenters. The van der Waals surface area contributed by atoms with Crippen molar-refractivity contribution in [1.29, 1.82) is 0 Å². The molecule has 0 bridgehead atoms. The molecule has 0 N–H and O–H groups in total. The average molecular weight is 336 g/mol. The van der Waals surface area contributed by atoms with Gasteiger partial charge in [0, 0.05) is 44.7 Å². The molecule has 0 amide bonds. The maximum atomic E-state index is 12.4. The first-order valence-corrected chi connectivity index (χ1v) is 9.67. The molecule has 2 aliphatic heterocycles. The molecule has 2 heterocycles. The standard InChI is InChI=1S/C17H24N2O3S/c20-23(21,13-7-16-4-2-1-3-5-16)19-10-8-18(9-11-19)14-17-6-12-22-15-17/h1-5,7,13,17H,6,8-12,14-15H2/b13-7-/t17-/m1/s1. The molecule has 0 radical (unpaired) electrons. The number of ether oxygens (including phenoxy) is 1. The van der Waals surface area contributed by atoms with Gasteiger partial charge in [0.25, 0.3) is 0 Å². The fourth-order valence-corrected chi connectivity index (χ4v) is 4.25. The maximum Gasteiger partial charge on any atom is 0.236 e. The van der Waals surface area contributed by atoms with Crippen LogP contribution >= 0.6 is 0 Å². The van der Waals surface area contributed by atoms with Crippen LogP contribution in [0, 0.1) is 5.92 Å². The second-order valence-corrected chi connectivity index (χ2v) is 8.01. The van der Waals surface area contributed by atoms with Crippen LogP contribution in [-0.2, 0) is 14.8 Å². The predicted octanol–water partition coefficient (Wildman–Crippen LogP) is 1.64. The summed E-state index contributed by atoms with van der Waals surface area (Å²) in [5.74, 6) is 0.608. The first-order chi connectivity index (χ1) is 11.1. The second kappa shape index (κ2) is 7.57. The lowest BCUT2D eigenvalue weighted by Gasteiger charge is -2.34. The van der Waals surface area contributed by atoms with E-state index in [1.165, 1.54) is 5.41 Å². The van der Waals surface area contributed by atoms with E-state index in [9.17, 15) is 8.42 Å². The molecule has 0 saturated carbocycles. The van der Waals surface area contributed by atoms with Gasteiger partial charge in [0.2, 0.25) is 10.0 Å². The molecule has 1 aromatic carbocycles. The summed E-state index contributed by atoms with van der Waals surface area (Å²) in [5, 5.41) is 1.32. The van der Waals surface area contributed by atoms with Gasteiger partial charge in [-0.3, -0.25) is 0 Å². The normalized spacial score (nSPS) is 24.4. The van der Waals surface area contributed by atoms with Crippen molar-refractivity contribution < 1.29 is 13.2 Å². The van der Waals surface area contributed by atoms with Gasteiger partial charge in [0.1, 0.15) is 0 Å². The summed E-state index contributed by atoms with van der Waals surface area (Å²) in [6, 6.07) is 9.51. The highest BCUT2D eigenvalue weighted by molar-refractivity contribution is 7.92. The number of piperazine rings is 1. The highest BCUT2D eigenvalue weighted by Gasteiger charge is 2.27. The van der Waals surface area contributed by atoms with E-state index in [4.69, 9.17) is 4.74 Å². The Morgan fingerprint density at radius 1 is 1.13 bits per heavy atom. The minimum absolute atomic E-state index is 0.565. The molecule has 3 rings (SSSR count). The largest absolute Gasteiger partial charge is 0.381 e. The van der Waals surface area contributed by atoms with Gasteiger partial charge in [-0.05, 0) is 24.0 Å². The monoisotopic (exact) mass is 336 g/mol. The molecular formula is C17H24N2O3S. The van der Waals surface area contributed by atoms with Crippen molar-refractivity contribution in [3.8, 4) is 0 Å². The van der Waals surface area contributed by atoms with Crippen molar-refractivity contribution in [1.82, 2.24) is 9.21 Å². The number of nitrogens with zero attached hydrogens (tertiary/aromatic N) is 2. The molecule has 1 aromatic rings. The van der Waals surface area contributed by atoms with E-state index < -0.39 is 10.0 Å². The van der Waals surface area contributed by atoms with Crippen LogP contribution < -0.4 is 0 Å². The number of benzene rings is 1. The zero-order chi connectivity index (χ0) is 16.1. The maximum absolute atomic E-state index is 12.4. The third kappa shape index (κ3) is 4.64. The van der Waals surface area contributed by atoms with Crippen molar-refractivity contribution in [2.24, 2.45) is 5.92 Å². The highest BCUT2D eigenvalue weighted by atomic mass is 32.2. The van der Waals surface area contributed by atoms with Gasteiger partial charge in [-0.1, -0.05) is 30.3 Å². The zero-order valence-electron chi connectivity index (χ0n) is 13.3. The lowest BCUT2D eigenvalue weighted by molar-refractivity contribution is 0.144. The van der Waals surface area contributed by atoms with Gasteiger partial charge >= 0.3 is 0 Å².